The van der Waals surface area contributed by atoms with E-state index in [9.17, 15) is 8.78 Å². The average Bonchev–Trinajstić information content (AvgIpc) is 2.29. The predicted molar refractivity (Wildman–Crippen MR) is 53.4 cm³/mol. The van der Waals surface area contributed by atoms with Crippen LogP contribution in [0.25, 0.3) is 0 Å². The number of halogens is 2. The van der Waals surface area contributed by atoms with Crippen LogP contribution in [-0.4, -0.2) is 6.61 Å². The Bertz CT molecular complexity index is 407. The number of ether oxygens (including phenoxy) is 1. The van der Waals surface area contributed by atoms with Gasteiger partial charge >= 0.3 is 0 Å². The summed E-state index contributed by atoms with van der Waals surface area (Å²) in [6.07, 6.45) is 0.344. The fraction of sp³-hybridized carbons (Fsp3) is 0.417. The zero-order chi connectivity index (χ0) is 11.5. The Hall–Kier alpha value is -1.47. The zero-order valence-electron chi connectivity index (χ0n) is 8.62. The number of nitrogens with zero attached hydrogens (tertiary/aromatic N) is 1. The van der Waals surface area contributed by atoms with Gasteiger partial charge in [0.05, 0.1) is 23.7 Å². The van der Waals surface area contributed by atoms with Crippen LogP contribution in [-0.2, 0) is 4.74 Å². The standard InChI is InChI=1S/C12H11F2NO/c13-9-2-1-3-10(14)12(9)11-6-8(7-15)4-5-16-11/h1-3,8,11H,4-6H2. The summed E-state index contributed by atoms with van der Waals surface area (Å²) in [5, 5.41) is 8.80. The SMILES string of the molecule is N#CC1CCOC(c2c(F)cccc2F)C1. The lowest BCUT2D eigenvalue weighted by Gasteiger charge is -2.26. The van der Waals surface area contributed by atoms with E-state index < -0.39 is 17.7 Å². The summed E-state index contributed by atoms with van der Waals surface area (Å²) in [4.78, 5) is 0. The first kappa shape index (κ1) is 11.0. The van der Waals surface area contributed by atoms with Crippen molar-refractivity contribution >= 4 is 0 Å². The molecule has 1 saturated heterocycles. The summed E-state index contributed by atoms with van der Waals surface area (Å²) in [5.41, 5.74) is -0.0533. The molecule has 1 aromatic rings. The third kappa shape index (κ3) is 2.05. The Kier molecular flexibility index (Phi) is 3.16. The van der Waals surface area contributed by atoms with E-state index in [0.717, 1.165) is 0 Å². The van der Waals surface area contributed by atoms with Crippen molar-refractivity contribution in [2.24, 2.45) is 5.92 Å². The summed E-state index contributed by atoms with van der Waals surface area (Å²) in [5.74, 6) is -1.40. The van der Waals surface area contributed by atoms with Crippen molar-refractivity contribution in [2.75, 3.05) is 6.61 Å². The number of benzene rings is 1. The van der Waals surface area contributed by atoms with Crippen molar-refractivity contribution in [3.63, 3.8) is 0 Å². The second-order valence-electron chi connectivity index (χ2n) is 3.85. The van der Waals surface area contributed by atoms with Gasteiger partial charge in [0.1, 0.15) is 11.6 Å². The van der Waals surface area contributed by atoms with Crippen molar-refractivity contribution in [3.05, 3.63) is 35.4 Å². The van der Waals surface area contributed by atoms with Crippen molar-refractivity contribution in [1.82, 2.24) is 0 Å². The molecule has 1 aliphatic rings. The van der Waals surface area contributed by atoms with Gasteiger partial charge < -0.3 is 4.74 Å². The topological polar surface area (TPSA) is 33.0 Å². The summed E-state index contributed by atoms with van der Waals surface area (Å²) in [6.45, 7) is 0.372. The maximum absolute atomic E-state index is 13.5. The molecule has 0 saturated carbocycles. The number of nitriles is 1. The highest BCUT2D eigenvalue weighted by Crippen LogP contribution is 2.33. The van der Waals surface area contributed by atoms with E-state index >= 15 is 0 Å². The average molecular weight is 223 g/mol. The van der Waals surface area contributed by atoms with Crippen LogP contribution in [0.1, 0.15) is 24.5 Å². The van der Waals surface area contributed by atoms with Gasteiger partial charge in [0.2, 0.25) is 0 Å². The number of rotatable bonds is 1. The van der Waals surface area contributed by atoms with Gasteiger partial charge in [-0.2, -0.15) is 5.26 Å². The second kappa shape index (κ2) is 4.58. The van der Waals surface area contributed by atoms with E-state index in [1.54, 1.807) is 0 Å². The van der Waals surface area contributed by atoms with Crippen molar-refractivity contribution < 1.29 is 13.5 Å². The van der Waals surface area contributed by atoms with Gasteiger partial charge in [0.25, 0.3) is 0 Å². The van der Waals surface area contributed by atoms with Gasteiger partial charge in [-0.05, 0) is 25.0 Å². The molecule has 2 nitrogen and oxygen atoms in total. The van der Waals surface area contributed by atoms with Gasteiger partial charge in [-0.1, -0.05) is 6.07 Å². The van der Waals surface area contributed by atoms with Crippen LogP contribution in [0.5, 0.6) is 0 Å². The molecular weight excluding hydrogens is 212 g/mol. The molecule has 4 heteroatoms. The van der Waals surface area contributed by atoms with E-state index in [4.69, 9.17) is 10.00 Å². The summed E-state index contributed by atoms with van der Waals surface area (Å²) in [6, 6.07) is 5.85. The van der Waals surface area contributed by atoms with E-state index in [2.05, 4.69) is 6.07 Å². The molecule has 0 bridgehead atoms. The van der Waals surface area contributed by atoms with Crippen LogP contribution in [0.3, 0.4) is 0 Å². The minimum absolute atomic E-state index is 0.0533. The maximum Gasteiger partial charge on any atom is 0.131 e. The van der Waals surface area contributed by atoms with Crippen molar-refractivity contribution in [1.29, 1.82) is 5.26 Å². The van der Waals surface area contributed by atoms with E-state index in [1.165, 1.54) is 18.2 Å². The third-order valence-corrected chi connectivity index (χ3v) is 2.79. The van der Waals surface area contributed by atoms with Crippen molar-refractivity contribution in [3.8, 4) is 6.07 Å². The van der Waals surface area contributed by atoms with Crippen LogP contribution >= 0.6 is 0 Å². The molecule has 2 unspecified atom stereocenters. The highest BCUT2D eigenvalue weighted by atomic mass is 19.1. The first-order chi connectivity index (χ1) is 7.72. The number of hydrogen-bond acceptors (Lipinski definition) is 2. The number of hydrogen-bond donors (Lipinski definition) is 0. The maximum atomic E-state index is 13.5. The van der Waals surface area contributed by atoms with Gasteiger partial charge in [0, 0.05) is 6.61 Å². The Balaban J connectivity index is 2.27. The van der Waals surface area contributed by atoms with E-state index in [0.29, 0.717) is 19.4 Å². The molecule has 1 aliphatic heterocycles. The Morgan fingerprint density at radius 3 is 2.62 bits per heavy atom. The summed E-state index contributed by atoms with van der Waals surface area (Å²) < 4.78 is 32.3. The summed E-state index contributed by atoms with van der Waals surface area (Å²) >= 11 is 0. The Morgan fingerprint density at radius 1 is 1.31 bits per heavy atom. The molecule has 1 aromatic carbocycles. The monoisotopic (exact) mass is 223 g/mol. The van der Waals surface area contributed by atoms with Crippen LogP contribution in [0.2, 0.25) is 0 Å². The quantitative estimate of drug-likeness (QED) is 0.733. The highest BCUT2D eigenvalue weighted by Gasteiger charge is 2.28. The molecular formula is C12H11F2NO. The van der Waals surface area contributed by atoms with E-state index in [1.807, 2.05) is 0 Å². The molecule has 0 radical (unpaired) electrons. The normalized spacial score (nSPS) is 25.1. The zero-order valence-corrected chi connectivity index (χ0v) is 8.62. The smallest absolute Gasteiger partial charge is 0.131 e. The Labute approximate surface area is 92.5 Å². The van der Waals surface area contributed by atoms with Gasteiger partial charge in [-0.15, -0.1) is 0 Å². The minimum Gasteiger partial charge on any atom is -0.373 e. The fourth-order valence-corrected chi connectivity index (χ4v) is 1.93. The molecule has 84 valence electrons. The molecule has 16 heavy (non-hydrogen) atoms. The minimum atomic E-state index is -0.639. The van der Waals surface area contributed by atoms with E-state index in [-0.39, 0.29) is 11.5 Å². The lowest BCUT2D eigenvalue weighted by atomic mass is 9.92. The molecule has 1 fully saturated rings. The first-order valence-electron chi connectivity index (χ1n) is 5.17. The molecule has 0 amide bonds. The molecule has 0 aliphatic carbocycles. The van der Waals surface area contributed by atoms with Gasteiger partial charge in [-0.25, -0.2) is 8.78 Å². The van der Waals surface area contributed by atoms with Crippen LogP contribution < -0.4 is 0 Å². The van der Waals surface area contributed by atoms with Crippen LogP contribution in [0.15, 0.2) is 18.2 Å². The lowest BCUT2D eigenvalue weighted by Crippen LogP contribution is -2.20. The highest BCUT2D eigenvalue weighted by molar-refractivity contribution is 5.23. The predicted octanol–water partition coefficient (Wildman–Crippen LogP) is 2.96. The van der Waals surface area contributed by atoms with Crippen molar-refractivity contribution in [2.45, 2.75) is 18.9 Å². The largest absolute Gasteiger partial charge is 0.373 e. The summed E-state index contributed by atoms with van der Waals surface area (Å²) in [7, 11) is 0. The first-order valence-corrected chi connectivity index (χ1v) is 5.17. The van der Waals surface area contributed by atoms with Gasteiger partial charge in [-0.3, -0.25) is 0 Å². The molecule has 0 N–H and O–H groups in total. The molecule has 1 heterocycles. The van der Waals surface area contributed by atoms with Gasteiger partial charge in [0.15, 0.2) is 0 Å². The fourth-order valence-electron chi connectivity index (χ4n) is 1.93. The molecule has 0 aromatic heterocycles. The molecule has 0 spiro atoms. The molecule has 2 atom stereocenters. The van der Waals surface area contributed by atoms with Crippen LogP contribution in [0, 0.1) is 28.9 Å². The molecule has 2 rings (SSSR count). The van der Waals surface area contributed by atoms with Crippen LogP contribution in [0.4, 0.5) is 8.78 Å². The lowest BCUT2D eigenvalue weighted by molar-refractivity contribution is -0.00335. The third-order valence-electron chi connectivity index (χ3n) is 2.79. The Morgan fingerprint density at radius 2 is 2.00 bits per heavy atom. The second-order valence-corrected chi connectivity index (χ2v) is 3.85.